The zero-order chi connectivity index (χ0) is 18.7. The lowest BCUT2D eigenvalue weighted by Gasteiger charge is -2.23. The quantitative estimate of drug-likeness (QED) is 0.898. The Labute approximate surface area is 154 Å². The van der Waals surface area contributed by atoms with Gasteiger partial charge in [0.2, 0.25) is 5.91 Å². The summed E-state index contributed by atoms with van der Waals surface area (Å²) in [6.45, 7) is 4.35. The van der Waals surface area contributed by atoms with Crippen LogP contribution in [0.4, 0.5) is 5.69 Å². The minimum absolute atomic E-state index is 0.0185. The first-order valence-corrected chi connectivity index (χ1v) is 8.89. The Morgan fingerprint density at radius 1 is 1.19 bits per heavy atom. The molecule has 0 spiro atoms. The number of nitrogens with zero attached hydrogens (tertiary/aromatic N) is 1. The van der Waals surface area contributed by atoms with Gasteiger partial charge >= 0.3 is 0 Å². The number of nitrogens with one attached hydrogen (secondary N) is 1. The van der Waals surface area contributed by atoms with Crippen molar-refractivity contribution in [2.75, 3.05) is 12.0 Å². The van der Waals surface area contributed by atoms with E-state index in [2.05, 4.69) is 18.3 Å². The minimum atomic E-state index is -0.0198. The molecule has 1 aliphatic heterocycles. The molecule has 0 bridgehead atoms. The Kier molecular flexibility index (Phi) is 5.26. The van der Waals surface area contributed by atoms with Crippen LogP contribution in [0.3, 0.4) is 0 Å². The molecule has 1 heterocycles. The molecule has 1 atom stereocenters. The monoisotopic (exact) mass is 352 g/mol. The van der Waals surface area contributed by atoms with Crippen LogP contribution in [0.1, 0.15) is 41.8 Å². The van der Waals surface area contributed by atoms with Crippen molar-refractivity contribution < 1.29 is 14.3 Å². The van der Waals surface area contributed by atoms with E-state index in [0.717, 1.165) is 29.0 Å². The van der Waals surface area contributed by atoms with Gasteiger partial charge in [-0.1, -0.05) is 19.1 Å². The predicted molar refractivity (Wildman–Crippen MR) is 102 cm³/mol. The van der Waals surface area contributed by atoms with Gasteiger partial charge in [-0.2, -0.15) is 0 Å². The first-order valence-electron chi connectivity index (χ1n) is 8.89. The number of carbonyl (C=O) groups excluding carboxylic acids is 2. The van der Waals surface area contributed by atoms with Crippen LogP contribution in [0.15, 0.2) is 42.5 Å². The van der Waals surface area contributed by atoms with Crippen molar-refractivity contribution in [2.45, 2.75) is 39.3 Å². The van der Waals surface area contributed by atoms with Crippen LogP contribution in [-0.2, 0) is 17.8 Å². The fourth-order valence-corrected chi connectivity index (χ4v) is 3.27. The molecular formula is C21H24N2O3. The summed E-state index contributed by atoms with van der Waals surface area (Å²) in [6, 6.07) is 13.4. The first-order chi connectivity index (χ1) is 12.5. The van der Waals surface area contributed by atoms with Crippen LogP contribution in [0, 0.1) is 0 Å². The molecule has 2 aromatic carbocycles. The van der Waals surface area contributed by atoms with E-state index in [-0.39, 0.29) is 17.9 Å². The summed E-state index contributed by atoms with van der Waals surface area (Å²) in [5, 5.41) is 2.88. The summed E-state index contributed by atoms with van der Waals surface area (Å²) in [5.74, 6) is 0.726. The number of benzene rings is 2. The summed E-state index contributed by atoms with van der Waals surface area (Å²) in [6.07, 6.45) is 1.29. The van der Waals surface area contributed by atoms with Crippen LogP contribution in [-0.4, -0.2) is 25.0 Å². The molecule has 0 aliphatic carbocycles. The third-order valence-corrected chi connectivity index (χ3v) is 4.73. The van der Waals surface area contributed by atoms with Gasteiger partial charge in [-0.3, -0.25) is 9.59 Å². The molecule has 0 unspecified atom stereocenters. The van der Waals surface area contributed by atoms with Crippen molar-refractivity contribution in [3.05, 3.63) is 59.2 Å². The molecule has 0 fully saturated rings. The van der Waals surface area contributed by atoms with Crippen LogP contribution in [0.25, 0.3) is 0 Å². The maximum absolute atomic E-state index is 13.1. The van der Waals surface area contributed by atoms with E-state index in [9.17, 15) is 9.59 Å². The number of hydrogen-bond donors (Lipinski definition) is 1. The maximum atomic E-state index is 13.1. The molecule has 5 nitrogen and oxygen atoms in total. The number of fused-ring (bicyclic) bond motifs is 1. The van der Waals surface area contributed by atoms with Gasteiger partial charge in [-0.15, -0.1) is 0 Å². The van der Waals surface area contributed by atoms with E-state index < -0.39 is 0 Å². The van der Waals surface area contributed by atoms with Gasteiger partial charge in [0.05, 0.1) is 7.11 Å². The van der Waals surface area contributed by atoms with Gasteiger partial charge in [0.1, 0.15) is 5.75 Å². The number of methoxy groups -OCH3 is 1. The molecule has 0 saturated carbocycles. The molecule has 3 rings (SSSR count). The summed E-state index contributed by atoms with van der Waals surface area (Å²) >= 11 is 0. The van der Waals surface area contributed by atoms with Gasteiger partial charge < -0.3 is 15.0 Å². The lowest BCUT2D eigenvalue weighted by molar-refractivity contribution is -0.120. The standard InChI is InChI=1S/C21H24N2O3/c1-4-20(24)22-13-15-5-6-17-11-14(2)23(19(17)12-15)21(25)16-7-9-18(26-3)10-8-16/h5-10,12,14H,4,11,13H2,1-3H3,(H,22,24)/t14-/m0/s1. The van der Waals surface area contributed by atoms with Crippen molar-refractivity contribution in [2.24, 2.45) is 0 Å². The number of rotatable bonds is 5. The zero-order valence-electron chi connectivity index (χ0n) is 15.4. The van der Waals surface area contributed by atoms with Crippen molar-refractivity contribution in [3.8, 4) is 5.75 Å². The van der Waals surface area contributed by atoms with Crippen LogP contribution < -0.4 is 15.0 Å². The number of anilines is 1. The highest BCUT2D eigenvalue weighted by Gasteiger charge is 2.31. The lowest BCUT2D eigenvalue weighted by atomic mass is 10.1. The second-order valence-electron chi connectivity index (χ2n) is 6.55. The van der Waals surface area contributed by atoms with Crippen LogP contribution in [0.2, 0.25) is 0 Å². The van der Waals surface area contributed by atoms with E-state index in [1.165, 1.54) is 0 Å². The highest BCUT2D eigenvalue weighted by Crippen LogP contribution is 2.34. The summed E-state index contributed by atoms with van der Waals surface area (Å²) in [7, 11) is 1.61. The zero-order valence-corrected chi connectivity index (χ0v) is 15.4. The molecule has 1 aliphatic rings. The molecule has 2 amide bonds. The Hall–Kier alpha value is -2.82. The fourth-order valence-electron chi connectivity index (χ4n) is 3.27. The molecule has 136 valence electrons. The SMILES string of the molecule is CCC(=O)NCc1ccc2c(c1)N(C(=O)c1ccc(OC)cc1)[C@@H](C)C2. The highest BCUT2D eigenvalue weighted by atomic mass is 16.5. The van der Waals surface area contributed by atoms with E-state index in [4.69, 9.17) is 4.74 Å². The Morgan fingerprint density at radius 2 is 1.92 bits per heavy atom. The van der Waals surface area contributed by atoms with E-state index >= 15 is 0 Å². The summed E-state index contributed by atoms with van der Waals surface area (Å²) in [5.41, 5.74) is 3.72. The van der Waals surface area contributed by atoms with Gasteiger partial charge in [-0.05, 0) is 54.8 Å². The topological polar surface area (TPSA) is 58.6 Å². The lowest BCUT2D eigenvalue weighted by Crippen LogP contribution is -2.35. The maximum Gasteiger partial charge on any atom is 0.258 e. The van der Waals surface area contributed by atoms with E-state index in [0.29, 0.717) is 18.5 Å². The van der Waals surface area contributed by atoms with Gasteiger partial charge in [0.15, 0.2) is 0 Å². The second kappa shape index (κ2) is 7.60. The largest absolute Gasteiger partial charge is 0.497 e. The third-order valence-electron chi connectivity index (χ3n) is 4.73. The van der Waals surface area contributed by atoms with Crippen molar-refractivity contribution in [3.63, 3.8) is 0 Å². The van der Waals surface area contributed by atoms with E-state index in [1.54, 1.807) is 31.4 Å². The average Bonchev–Trinajstić information content (AvgIpc) is 3.00. The predicted octanol–water partition coefficient (Wildman–Crippen LogP) is 3.31. The normalized spacial score (nSPS) is 15.5. The van der Waals surface area contributed by atoms with Crippen LogP contribution >= 0.6 is 0 Å². The molecule has 5 heteroatoms. The molecule has 0 saturated heterocycles. The minimum Gasteiger partial charge on any atom is -0.497 e. The number of amides is 2. The van der Waals surface area contributed by atoms with Gasteiger partial charge in [0.25, 0.3) is 5.91 Å². The van der Waals surface area contributed by atoms with Crippen molar-refractivity contribution in [1.29, 1.82) is 0 Å². The number of hydrogen-bond acceptors (Lipinski definition) is 3. The molecule has 0 radical (unpaired) electrons. The molecular weight excluding hydrogens is 328 g/mol. The fraction of sp³-hybridized carbons (Fsp3) is 0.333. The smallest absolute Gasteiger partial charge is 0.258 e. The molecule has 2 aromatic rings. The van der Waals surface area contributed by atoms with E-state index in [1.807, 2.05) is 24.0 Å². The van der Waals surface area contributed by atoms with Crippen LogP contribution in [0.5, 0.6) is 5.75 Å². The van der Waals surface area contributed by atoms with Crippen molar-refractivity contribution >= 4 is 17.5 Å². The Bertz CT molecular complexity index is 815. The average molecular weight is 352 g/mol. The Balaban J connectivity index is 1.85. The molecule has 26 heavy (non-hydrogen) atoms. The third kappa shape index (κ3) is 3.57. The van der Waals surface area contributed by atoms with Gasteiger partial charge in [-0.25, -0.2) is 0 Å². The number of carbonyl (C=O) groups is 2. The second-order valence-corrected chi connectivity index (χ2v) is 6.55. The Morgan fingerprint density at radius 3 is 2.58 bits per heavy atom. The first kappa shape index (κ1) is 18.0. The van der Waals surface area contributed by atoms with Crippen molar-refractivity contribution in [1.82, 2.24) is 5.32 Å². The summed E-state index contributed by atoms with van der Waals surface area (Å²) < 4.78 is 5.16. The summed E-state index contributed by atoms with van der Waals surface area (Å²) in [4.78, 5) is 26.4. The highest BCUT2D eigenvalue weighted by molar-refractivity contribution is 6.07. The molecule has 1 N–H and O–H groups in total. The van der Waals surface area contributed by atoms with Gasteiger partial charge in [0, 0.05) is 30.3 Å². The number of ether oxygens (including phenoxy) is 1. The molecule has 0 aromatic heterocycles.